The van der Waals surface area contributed by atoms with Crippen molar-refractivity contribution in [2.24, 2.45) is 34.5 Å². The average molecular weight is 520 g/mol. The molecule has 0 bridgehead atoms. The highest BCUT2D eigenvalue weighted by Gasteiger charge is 2.59. The van der Waals surface area contributed by atoms with E-state index in [1.165, 1.54) is 18.2 Å². The Morgan fingerprint density at radius 2 is 1.86 bits per heavy atom. The van der Waals surface area contributed by atoms with Gasteiger partial charge in [0.25, 0.3) is 0 Å². The molecule has 1 aliphatic heterocycles. The molecule has 202 valence electrons. The Balaban J connectivity index is 1.15. The summed E-state index contributed by atoms with van der Waals surface area (Å²) in [6.07, 6.45) is 5.77. The lowest BCUT2D eigenvalue weighted by atomic mass is 9.48. The van der Waals surface area contributed by atoms with Crippen molar-refractivity contribution in [2.45, 2.75) is 71.2 Å². The second-order valence-electron chi connectivity index (χ2n) is 11.9. The normalized spacial score (nSPS) is 36.8. The van der Waals surface area contributed by atoms with Crippen molar-refractivity contribution in [1.29, 1.82) is 0 Å². The Kier molecular flexibility index (Phi) is 6.92. The van der Waals surface area contributed by atoms with Crippen LogP contribution in [0.2, 0.25) is 0 Å². The molecular weight excluding hydrogens is 483 g/mol. The zero-order valence-electron chi connectivity index (χ0n) is 21.5. The van der Waals surface area contributed by atoms with E-state index < -0.39 is 17.7 Å². The third kappa shape index (κ3) is 4.82. The molecule has 4 aliphatic rings. The number of halogens is 3. The first-order chi connectivity index (χ1) is 17.5. The number of rotatable bonds is 6. The van der Waals surface area contributed by atoms with Crippen LogP contribution < -0.4 is 5.32 Å². The van der Waals surface area contributed by atoms with Gasteiger partial charge >= 0.3 is 12.1 Å². The molecule has 0 saturated heterocycles. The number of alkyl halides is 3. The van der Waals surface area contributed by atoms with Crippen LogP contribution in [-0.2, 0) is 31.8 Å². The second kappa shape index (κ2) is 9.75. The number of nitrogens with one attached hydrogen (secondary N) is 1. The van der Waals surface area contributed by atoms with E-state index in [1.54, 1.807) is 6.08 Å². The van der Waals surface area contributed by atoms with Crippen LogP contribution in [0.1, 0.15) is 63.5 Å². The lowest BCUT2D eigenvalue weighted by molar-refractivity contribution is -0.153. The van der Waals surface area contributed by atoms with Crippen molar-refractivity contribution in [3.05, 3.63) is 47.5 Å². The number of ether oxygens (including phenoxy) is 2. The zero-order chi connectivity index (χ0) is 26.4. The summed E-state index contributed by atoms with van der Waals surface area (Å²) in [7, 11) is 0. The third-order valence-electron chi connectivity index (χ3n) is 10.1. The van der Waals surface area contributed by atoms with E-state index in [0.29, 0.717) is 24.4 Å². The molecule has 5 nitrogen and oxygen atoms in total. The van der Waals surface area contributed by atoms with Gasteiger partial charge in [-0.2, -0.15) is 13.2 Å². The second-order valence-corrected chi connectivity index (χ2v) is 11.9. The van der Waals surface area contributed by atoms with Crippen molar-refractivity contribution >= 4 is 11.9 Å². The fraction of sp³-hybridized carbons (Fsp3) is 0.655. The van der Waals surface area contributed by atoms with Gasteiger partial charge in [0.2, 0.25) is 5.91 Å². The van der Waals surface area contributed by atoms with Crippen molar-refractivity contribution in [2.75, 3.05) is 13.2 Å². The van der Waals surface area contributed by atoms with Gasteiger partial charge in [0, 0.05) is 11.5 Å². The molecule has 8 heteroatoms. The number of hydrogen-bond acceptors (Lipinski definition) is 4. The predicted molar refractivity (Wildman–Crippen MR) is 131 cm³/mol. The molecule has 3 saturated carbocycles. The SMILES string of the molecule is C[C@]12C=CC(=O)NC1CCC1C2CC[C@@]2(C)C1CC[C@@H]2COC(=O)COCc1ccccc1C(F)(F)F. The molecule has 1 amide bonds. The minimum atomic E-state index is -4.47. The predicted octanol–water partition coefficient (Wildman–Crippen LogP) is 5.68. The standard InChI is InChI=1S/C29H36F3NO4/c1-27-13-11-23-20(8-10-24-28(23,2)14-12-25(34)33-24)22(27)9-7-19(27)16-37-26(35)17-36-15-18-5-3-4-6-21(18)29(30,31)32/h3-6,12,14,19-20,22-24H,7-11,13,15-17H2,1-2H3,(H,33,34)/t19-,20?,22?,23?,24?,27-,28-/m1/s1. The fourth-order valence-corrected chi connectivity index (χ4v) is 8.12. The van der Waals surface area contributed by atoms with Crippen molar-refractivity contribution < 1.29 is 32.2 Å². The van der Waals surface area contributed by atoms with Crippen molar-refractivity contribution in [3.63, 3.8) is 0 Å². The van der Waals surface area contributed by atoms with Crippen LogP contribution in [0.5, 0.6) is 0 Å². The molecule has 3 aliphatic carbocycles. The topological polar surface area (TPSA) is 64.6 Å². The summed E-state index contributed by atoms with van der Waals surface area (Å²) in [5.74, 6) is 1.43. The van der Waals surface area contributed by atoms with Crippen LogP contribution in [0.15, 0.2) is 36.4 Å². The summed E-state index contributed by atoms with van der Waals surface area (Å²) < 4.78 is 50.3. The van der Waals surface area contributed by atoms with Gasteiger partial charge in [0.1, 0.15) is 6.61 Å². The molecule has 4 unspecified atom stereocenters. The Bertz CT molecular complexity index is 1070. The molecule has 1 aromatic rings. The molecule has 37 heavy (non-hydrogen) atoms. The molecular formula is C29H36F3NO4. The lowest BCUT2D eigenvalue weighted by Crippen LogP contribution is -2.59. The van der Waals surface area contributed by atoms with E-state index >= 15 is 0 Å². The van der Waals surface area contributed by atoms with Crippen LogP contribution in [0.3, 0.4) is 0 Å². The average Bonchev–Trinajstić information content (AvgIpc) is 3.19. The molecule has 1 heterocycles. The maximum Gasteiger partial charge on any atom is 0.416 e. The number of esters is 1. The van der Waals surface area contributed by atoms with Gasteiger partial charge in [0.05, 0.1) is 18.8 Å². The number of amides is 1. The first-order valence-electron chi connectivity index (χ1n) is 13.4. The molecule has 7 atom stereocenters. The quantitative estimate of drug-likeness (QED) is 0.492. The number of carbonyl (C=O) groups is 2. The molecule has 1 N–H and O–H groups in total. The van der Waals surface area contributed by atoms with E-state index in [-0.39, 0.29) is 47.5 Å². The first-order valence-corrected chi connectivity index (χ1v) is 13.4. The molecule has 0 radical (unpaired) electrons. The smallest absolute Gasteiger partial charge is 0.416 e. The van der Waals surface area contributed by atoms with E-state index in [9.17, 15) is 22.8 Å². The lowest BCUT2D eigenvalue weighted by Gasteiger charge is -2.58. The highest BCUT2D eigenvalue weighted by atomic mass is 19.4. The van der Waals surface area contributed by atoms with Crippen LogP contribution >= 0.6 is 0 Å². The van der Waals surface area contributed by atoms with Crippen LogP contribution in [0.25, 0.3) is 0 Å². The van der Waals surface area contributed by atoms with Gasteiger partial charge in [-0.1, -0.05) is 38.1 Å². The maximum atomic E-state index is 13.2. The Hall–Kier alpha value is -2.35. The van der Waals surface area contributed by atoms with Gasteiger partial charge in [-0.05, 0) is 85.3 Å². The highest BCUT2D eigenvalue weighted by molar-refractivity contribution is 5.89. The fourth-order valence-electron chi connectivity index (χ4n) is 8.12. The van der Waals surface area contributed by atoms with Crippen LogP contribution in [-0.4, -0.2) is 31.1 Å². The van der Waals surface area contributed by atoms with Gasteiger partial charge in [-0.25, -0.2) is 4.79 Å². The molecule has 0 spiro atoms. The van der Waals surface area contributed by atoms with E-state index in [4.69, 9.17) is 9.47 Å². The minimum Gasteiger partial charge on any atom is -0.464 e. The number of carbonyl (C=O) groups excluding carboxylic acids is 2. The van der Waals surface area contributed by atoms with Crippen molar-refractivity contribution in [3.8, 4) is 0 Å². The van der Waals surface area contributed by atoms with Crippen LogP contribution in [0.4, 0.5) is 13.2 Å². The highest BCUT2D eigenvalue weighted by Crippen LogP contribution is 2.65. The molecule has 0 aromatic heterocycles. The third-order valence-corrected chi connectivity index (χ3v) is 10.1. The minimum absolute atomic E-state index is 0.00139. The summed E-state index contributed by atoms with van der Waals surface area (Å²) in [4.78, 5) is 24.3. The molecule has 5 rings (SSSR count). The van der Waals surface area contributed by atoms with Crippen molar-refractivity contribution in [1.82, 2.24) is 5.32 Å². The number of hydrogen-bond donors (Lipinski definition) is 1. The van der Waals surface area contributed by atoms with E-state index in [0.717, 1.165) is 44.6 Å². The van der Waals surface area contributed by atoms with Gasteiger partial charge in [-0.15, -0.1) is 0 Å². The van der Waals surface area contributed by atoms with E-state index in [1.807, 2.05) is 0 Å². The van der Waals surface area contributed by atoms with E-state index in [2.05, 4.69) is 25.2 Å². The Morgan fingerprint density at radius 3 is 2.65 bits per heavy atom. The molecule has 1 aromatic carbocycles. The monoisotopic (exact) mass is 519 g/mol. The van der Waals surface area contributed by atoms with Gasteiger partial charge in [0.15, 0.2) is 0 Å². The summed E-state index contributed by atoms with van der Waals surface area (Å²) in [6, 6.07) is 5.42. The van der Waals surface area contributed by atoms with Crippen LogP contribution in [0, 0.1) is 34.5 Å². The number of benzene rings is 1. The first kappa shape index (κ1) is 26.3. The summed E-state index contributed by atoms with van der Waals surface area (Å²) in [5.41, 5.74) is -0.664. The maximum absolute atomic E-state index is 13.2. The summed E-state index contributed by atoms with van der Waals surface area (Å²) in [6.45, 7) is 4.29. The Labute approximate surface area is 216 Å². The zero-order valence-corrected chi connectivity index (χ0v) is 21.5. The van der Waals surface area contributed by atoms with Gasteiger partial charge < -0.3 is 14.8 Å². The summed E-state index contributed by atoms with van der Waals surface area (Å²) >= 11 is 0. The van der Waals surface area contributed by atoms with Gasteiger partial charge in [-0.3, -0.25) is 4.79 Å². The number of fused-ring (bicyclic) bond motifs is 5. The molecule has 3 fully saturated rings. The Morgan fingerprint density at radius 1 is 1.08 bits per heavy atom. The summed E-state index contributed by atoms with van der Waals surface area (Å²) in [5, 5.41) is 3.19. The largest absolute Gasteiger partial charge is 0.464 e.